The Bertz CT molecular complexity index is 8480. The minimum atomic E-state index is 1.29. The van der Waals surface area contributed by atoms with Crippen LogP contribution in [0.4, 0.5) is 0 Å². The average molecular weight is 2120 g/mol. The molecule has 0 aliphatic heterocycles. The van der Waals surface area contributed by atoms with Gasteiger partial charge in [-0.15, -0.1) is 204 Å². The van der Waals surface area contributed by atoms with Crippen LogP contribution < -0.4 is 0 Å². The Labute approximate surface area is 880 Å². The van der Waals surface area contributed by atoms with E-state index < -0.39 is 0 Å². The Morgan fingerprint density at radius 3 is 0.645 bits per heavy atom. The van der Waals surface area contributed by atoms with Crippen LogP contribution in [0.3, 0.4) is 0 Å². The van der Waals surface area contributed by atoms with Gasteiger partial charge in [0.05, 0.1) is 0 Å². The van der Waals surface area contributed by atoms with Gasteiger partial charge in [0.25, 0.3) is 0 Å². The van der Waals surface area contributed by atoms with Crippen LogP contribution in [0.25, 0.3) is 213 Å². The molecule has 7 aromatic carbocycles. The molecule has 0 spiro atoms. The molecule has 138 heavy (non-hydrogen) atoms. The van der Waals surface area contributed by atoms with E-state index in [9.17, 15) is 0 Å². The Hall–Kier alpha value is -8.78. The Morgan fingerprint density at radius 1 is 0.145 bits per heavy atom. The van der Waals surface area contributed by atoms with Crippen molar-refractivity contribution >= 4 is 285 Å². The fourth-order valence-corrected chi connectivity index (χ4v) is 40.9. The van der Waals surface area contributed by atoms with E-state index >= 15 is 0 Å². The van der Waals surface area contributed by atoms with Crippen LogP contribution in [0.1, 0.15) is 116 Å². The Balaban J connectivity index is 0.000000107. The third kappa shape index (κ3) is 17.6. The highest BCUT2D eigenvalue weighted by atomic mass is 32.2. The summed E-state index contributed by atoms with van der Waals surface area (Å²) >= 11 is 34.8. The van der Waals surface area contributed by atoms with Crippen LogP contribution in [-0.2, 0) is 0 Å². The lowest BCUT2D eigenvalue weighted by Crippen LogP contribution is -1.86. The van der Waals surface area contributed by atoms with Gasteiger partial charge in [-0.25, -0.2) is 0 Å². The van der Waals surface area contributed by atoms with Gasteiger partial charge in [-0.1, -0.05) is 89.5 Å². The molecule has 25 rings (SSSR count). The van der Waals surface area contributed by atoms with Crippen molar-refractivity contribution in [3.63, 3.8) is 0 Å². The van der Waals surface area contributed by atoms with E-state index in [0.717, 1.165) is 0 Å². The summed E-state index contributed by atoms with van der Waals surface area (Å²) in [5, 5.41) is 11.1. The molecule has 18 heteroatoms. The number of hydrogen-bond acceptors (Lipinski definition) is 18. The van der Waals surface area contributed by atoms with Crippen LogP contribution in [0.2, 0.25) is 0 Å². The molecule has 18 heterocycles. The van der Waals surface area contributed by atoms with Gasteiger partial charge in [0, 0.05) is 229 Å². The summed E-state index contributed by atoms with van der Waals surface area (Å²) in [4.78, 5) is 39.0. The van der Waals surface area contributed by atoms with Crippen LogP contribution in [0, 0.1) is 152 Å². The molecule has 0 saturated heterocycles. The lowest BCUT2D eigenvalue weighted by atomic mass is 9.92. The lowest BCUT2D eigenvalue weighted by Gasteiger charge is -2.12. The standard InChI is InChI=1S/C36H30S4.C32H26S6.C29H24S4.C23H20S4/c1-19-7-11-25(12-8-19)31-27-17-29(33-21(3)15-23(5)37-33)40-36(27)32(26-13-9-20(2)10-14-26)28-18-30(39-35(28)31)34-22(4)16-24(6)38-34;1-15-11-19(5)35-29(15)25-13-21-27(23-9-7-17(3)33-23)32-22(14-26(38-32)30-16(2)12-20(6)36-30)28(31(21)37-25)24-10-8-18(4)34-24;1-15-6-8-20(9-7-15)26-22-14-25(28-17(3)11-19(5)31-28)32-23(22)12-21-13-24(33-29(21)26)27-16(2)10-18(4)30-27;1-11-6-13(3)24-21(11)19-9-16-8-18-17(15(5)23(16)27-19)10-20(26-18)22-12(2)7-14(4)25-22/h7-18H,1-6H3;7-14H,1-6H3;6-14H,1-5H3;6-10H,1-5H3. The van der Waals surface area contributed by atoms with Gasteiger partial charge in [0.1, 0.15) is 0 Å². The molecular weight excluding hydrogens is 2020 g/mol. The molecule has 0 N–H and O–H groups in total. The maximum atomic E-state index is 2.49. The maximum absolute atomic E-state index is 2.49. The molecule has 0 atom stereocenters. The van der Waals surface area contributed by atoms with E-state index in [0.29, 0.717) is 0 Å². The summed E-state index contributed by atoms with van der Waals surface area (Å²) in [6.45, 7) is 48.9. The first-order chi connectivity index (χ1) is 66.3. The predicted octanol–water partition coefficient (Wildman–Crippen LogP) is 45.5. The van der Waals surface area contributed by atoms with E-state index in [1.165, 1.54) is 329 Å². The normalized spacial score (nSPS) is 11.8. The molecule has 0 aliphatic carbocycles. The van der Waals surface area contributed by atoms with Crippen molar-refractivity contribution in [3.05, 3.63) is 322 Å². The van der Waals surface area contributed by atoms with Gasteiger partial charge in [0.15, 0.2) is 0 Å². The van der Waals surface area contributed by atoms with Crippen molar-refractivity contribution in [1.29, 1.82) is 0 Å². The van der Waals surface area contributed by atoms with E-state index in [-0.39, 0.29) is 0 Å². The fraction of sp³-hybridized carbons (Fsp3) is 0.183. The van der Waals surface area contributed by atoms with Crippen molar-refractivity contribution in [2.75, 3.05) is 0 Å². The average Bonchev–Trinajstić information content (AvgIpc) is 1.49. The highest BCUT2D eigenvalue weighted by Gasteiger charge is 2.30. The topological polar surface area (TPSA) is 0 Å². The van der Waals surface area contributed by atoms with E-state index in [4.69, 9.17) is 0 Å². The molecule has 25 aromatic rings. The number of rotatable bonds is 13. The highest BCUT2D eigenvalue weighted by molar-refractivity contribution is 7.32. The molecule has 688 valence electrons. The van der Waals surface area contributed by atoms with Crippen LogP contribution in [0.5, 0.6) is 0 Å². The van der Waals surface area contributed by atoms with Crippen molar-refractivity contribution in [2.45, 2.75) is 152 Å². The number of aryl methyl sites for hydroxylation is 22. The van der Waals surface area contributed by atoms with Crippen molar-refractivity contribution < 1.29 is 0 Å². The van der Waals surface area contributed by atoms with Crippen LogP contribution in [0.15, 0.2) is 206 Å². The molecule has 0 amide bonds. The zero-order chi connectivity index (χ0) is 95.7. The largest absolute Gasteiger partial charge is 0.141 e. The minimum absolute atomic E-state index is 1.29. The molecule has 0 saturated carbocycles. The molecule has 0 radical (unpaired) electrons. The minimum Gasteiger partial charge on any atom is -0.141 e. The second kappa shape index (κ2) is 37.5. The van der Waals surface area contributed by atoms with Crippen molar-refractivity contribution in [3.8, 4) is 132 Å². The number of hydrogen-bond donors (Lipinski definition) is 0. The van der Waals surface area contributed by atoms with Gasteiger partial charge in [0.2, 0.25) is 0 Å². The molecule has 0 fully saturated rings. The van der Waals surface area contributed by atoms with Gasteiger partial charge < -0.3 is 0 Å². The van der Waals surface area contributed by atoms with E-state index in [2.05, 4.69) is 359 Å². The third-order valence-electron chi connectivity index (χ3n) is 25.9. The van der Waals surface area contributed by atoms with Crippen molar-refractivity contribution in [2.24, 2.45) is 0 Å². The van der Waals surface area contributed by atoms with Gasteiger partial charge in [-0.3, -0.25) is 0 Å². The van der Waals surface area contributed by atoms with E-state index in [1.54, 1.807) is 0 Å². The smallest absolute Gasteiger partial charge is 0.0475 e. The summed E-state index contributed by atoms with van der Waals surface area (Å²) in [6, 6.07) is 79.5. The third-order valence-corrected chi connectivity index (χ3v) is 47.8. The summed E-state index contributed by atoms with van der Waals surface area (Å²) < 4.78 is 11.2. The second-order valence-electron chi connectivity index (χ2n) is 37.1. The molecule has 0 bridgehead atoms. The first kappa shape index (κ1) is 94.1. The lowest BCUT2D eigenvalue weighted by molar-refractivity contribution is 1.47. The quantitative estimate of drug-likeness (QED) is 0.108. The number of fused-ring (bicyclic) bond motifs is 8. The molecule has 0 aliphatic rings. The predicted molar refractivity (Wildman–Crippen MR) is 642 cm³/mol. The molecular formula is C120H100S18. The zero-order valence-corrected chi connectivity index (χ0v) is 95.7. The molecule has 0 nitrogen and oxygen atoms in total. The van der Waals surface area contributed by atoms with Crippen LogP contribution in [-0.4, -0.2) is 0 Å². The number of benzene rings is 7. The monoisotopic (exact) mass is 2120 g/mol. The van der Waals surface area contributed by atoms with E-state index in [1.807, 2.05) is 204 Å². The van der Waals surface area contributed by atoms with Gasteiger partial charge in [-0.2, -0.15) is 0 Å². The second-order valence-corrected chi connectivity index (χ2v) is 58.2. The Kier molecular flexibility index (Phi) is 25.6. The first-order valence-electron chi connectivity index (χ1n) is 46.3. The SMILES string of the molecule is Cc1cc(C)c(-c2cc3c(C)c4sc(-c5sc(C)cc5C)cc4cc3s2)s1.Cc1ccc(-c2c3cc(-c4sc(C)cc4C)sc3c(-c3ccc(C)cc3)c3cc(-c4sc(C)cc4C)sc23)cc1.Cc1ccc(-c2c3cc(-c4sc(C)cc4C)sc3c(-c3ccc(C)s3)c3cc(-c4sc(C)cc4C)sc23)s1.Cc1ccc(-c2c3cc(-c4sc(C)cc4C)sc3cc3cc(-c4sc(C)cc4C)sc23)cc1. The summed E-state index contributed by atoms with van der Waals surface area (Å²) in [6.07, 6.45) is 0. The molecule has 18 aromatic heterocycles. The van der Waals surface area contributed by atoms with Gasteiger partial charge >= 0.3 is 0 Å². The number of thiophene rings is 18. The van der Waals surface area contributed by atoms with Gasteiger partial charge in [-0.05, 0) is 369 Å². The summed E-state index contributed by atoms with van der Waals surface area (Å²) in [5.74, 6) is 0. The zero-order valence-electron chi connectivity index (χ0n) is 81.0. The molecule has 0 unspecified atom stereocenters. The van der Waals surface area contributed by atoms with Crippen molar-refractivity contribution in [1.82, 2.24) is 0 Å². The fourth-order valence-electron chi connectivity index (χ4n) is 19.7. The summed E-state index contributed by atoms with van der Waals surface area (Å²) in [5.41, 5.74) is 27.3. The van der Waals surface area contributed by atoms with Crippen LogP contribution >= 0.6 is 204 Å². The highest BCUT2D eigenvalue weighted by Crippen LogP contribution is 2.60. The first-order valence-corrected chi connectivity index (χ1v) is 61.0. The maximum Gasteiger partial charge on any atom is 0.0475 e. The Morgan fingerprint density at radius 2 is 0.370 bits per heavy atom. The summed E-state index contributed by atoms with van der Waals surface area (Å²) in [7, 11) is 0.